The summed E-state index contributed by atoms with van der Waals surface area (Å²) in [6.45, 7) is 6.18. The first-order valence-electron chi connectivity index (χ1n) is 15.9. The van der Waals surface area contributed by atoms with Crippen LogP contribution in [-0.4, -0.2) is 0 Å². The van der Waals surface area contributed by atoms with Gasteiger partial charge in [-0.2, -0.15) is 31.6 Å². The largest absolute Gasteiger partial charge is 0.482 e. The lowest BCUT2D eigenvalue weighted by Crippen LogP contribution is -2.41. The van der Waals surface area contributed by atoms with Crippen molar-refractivity contribution in [3.63, 3.8) is 0 Å². The molecule has 5 aromatic carbocycles. The quantitative estimate of drug-likeness (QED) is 0.161. The molecule has 0 aromatic heterocycles. The molecular formula is C42H26N6O4. The SMILES string of the molecule is CC1(C)CC(C)(c2ccc(Oc3ccc(C#N)c(C#N)c3)cc2Oc2ccc(C#N)c(C#N)c2)Oc2cc(Oc3ccc(C#N)c(C#N)c3)ccc21. The number of nitrogens with zero attached hydrogens (tertiary/aromatic N) is 6. The maximum absolute atomic E-state index is 9.67. The Morgan fingerprint density at radius 2 is 0.846 bits per heavy atom. The van der Waals surface area contributed by atoms with E-state index in [1.165, 1.54) is 36.4 Å². The normalized spacial score (nSPS) is 15.0. The summed E-state index contributed by atoms with van der Waals surface area (Å²) in [5, 5.41) is 56.8. The molecule has 0 fully saturated rings. The minimum Gasteiger partial charge on any atom is -0.482 e. The van der Waals surface area contributed by atoms with Crippen LogP contribution in [0.25, 0.3) is 0 Å². The molecule has 10 nitrogen and oxygen atoms in total. The molecule has 52 heavy (non-hydrogen) atoms. The molecule has 6 rings (SSSR count). The average molecular weight is 679 g/mol. The number of benzene rings is 5. The molecule has 0 saturated heterocycles. The highest BCUT2D eigenvalue weighted by Crippen LogP contribution is 2.52. The molecule has 1 aliphatic heterocycles. The van der Waals surface area contributed by atoms with Crippen molar-refractivity contribution in [1.29, 1.82) is 31.6 Å². The Balaban J connectivity index is 1.40. The Kier molecular flexibility index (Phi) is 8.94. The zero-order chi connectivity index (χ0) is 37.0. The molecule has 1 heterocycles. The van der Waals surface area contributed by atoms with Gasteiger partial charge in [-0.25, -0.2) is 0 Å². The summed E-state index contributed by atoms with van der Waals surface area (Å²) in [4.78, 5) is 0. The third-order valence-electron chi connectivity index (χ3n) is 8.71. The van der Waals surface area contributed by atoms with Gasteiger partial charge >= 0.3 is 0 Å². The summed E-state index contributed by atoms with van der Waals surface area (Å²) in [5.41, 5.74) is 1.48. The maximum Gasteiger partial charge on any atom is 0.138 e. The molecule has 248 valence electrons. The molecule has 0 bridgehead atoms. The minimum absolute atomic E-state index is 0.155. The van der Waals surface area contributed by atoms with E-state index in [1.54, 1.807) is 36.4 Å². The van der Waals surface area contributed by atoms with Crippen LogP contribution in [0, 0.1) is 68.0 Å². The standard InChI is InChI=1S/C42H26N6O4/c1-41(2)25-42(3,52-40-18-36(10-12-37(40)41)50-33-8-5-27(20-44)30(15-33)23-47)38-13-11-35(49-32-7-4-26(19-43)29(14-32)22-46)17-39(38)51-34-9-6-28(21-45)31(16-34)24-48/h4-18H,25H2,1-3H3. The average Bonchev–Trinajstić information content (AvgIpc) is 3.14. The van der Waals surface area contributed by atoms with Crippen molar-refractivity contribution >= 4 is 0 Å². The van der Waals surface area contributed by atoms with Gasteiger partial charge in [0.2, 0.25) is 0 Å². The van der Waals surface area contributed by atoms with Crippen LogP contribution in [0.3, 0.4) is 0 Å². The number of rotatable bonds is 7. The van der Waals surface area contributed by atoms with E-state index in [-0.39, 0.29) is 33.4 Å². The molecular weight excluding hydrogens is 652 g/mol. The van der Waals surface area contributed by atoms with Gasteiger partial charge in [0.25, 0.3) is 0 Å². The van der Waals surface area contributed by atoms with Crippen LogP contribution in [0.15, 0.2) is 91.0 Å². The van der Waals surface area contributed by atoms with Crippen LogP contribution in [0.4, 0.5) is 0 Å². The van der Waals surface area contributed by atoms with Crippen molar-refractivity contribution in [2.75, 3.05) is 0 Å². The minimum atomic E-state index is -0.974. The highest BCUT2D eigenvalue weighted by molar-refractivity contribution is 5.56. The molecule has 0 spiro atoms. The van der Waals surface area contributed by atoms with Crippen molar-refractivity contribution in [1.82, 2.24) is 0 Å². The first-order chi connectivity index (χ1) is 25.0. The summed E-state index contributed by atoms with van der Waals surface area (Å²) in [7, 11) is 0. The Labute approximate surface area is 300 Å². The fraction of sp³-hybridized carbons (Fsp3) is 0.143. The monoisotopic (exact) mass is 678 g/mol. The second-order valence-corrected chi connectivity index (χ2v) is 12.8. The number of fused-ring (bicyclic) bond motifs is 1. The van der Waals surface area contributed by atoms with Crippen molar-refractivity contribution in [3.8, 4) is 76.7 Å². The van der Waals surface area contributed by atoms with Crippen molar-refractivity contribution in [2.24, 2.45) is 0 Å². The van der Waals surface area contributed by atoms with Crippen LogP contribution in [0.2, 0.25) is 0 Å². The first kappa shape index (κ1) is 34.1. The van der Waals surface area contributed by atoms with E-state index in [0.717, 1.165) is 5.56 Å². The van der Waals surface area contributed by atoms with E-state index in [2.05, 4.69) is 13.8 Å². The molecule has 1 atom stereocenters. The summed E-state index contributed by atoms with van der Waals surface area (Å²) < 4.78 is 25.5. The van der Waals surface area contributed by atoms with E-state index in [1.807, 2.05) is 61.5 Å². The maximum atomic E-state index is 9.67. The molecule has 10 heteroatoms. The fourth-order valence-corrected chi connectivity index (χ4v) is 6.39. The van der Waals surface area contributed by atoms with Crippen LogP contribution in [0.5, 0.6) is 40.2 Å². The van der Waals surface area contributed by atoms with E-state index in [0.29, 0.717) is 52.2 Å². The van der Waals surface area contributed by atoms with Gasteiger partial charge in [0.1, 0.15) is 82.3 Å². The zero-order valence-electron chi connectivity index (χ0n) is 28.2. The van der Waals surface area contributed by atoms with E-state index >= 15 is 0 Å². The zero-order valence-corrected chi connectivity index (χ0v) is 28.2. The van der Waals surface area contributed by atoms with Crippen LogP contribution in [-0.2, 0) is 11.0 Å². The summed E-state index contributed by atoms with van der Waals surface area (Å²) in [5.74, 6) is 2.81. The highest BCUT2D eigenvalue weighted by atomic mass is 16.5. The molecule has 0 saturated carbocycles. The Bertz CT molecular complexity index is 2540. The van der Waals surface area contributed by atoms with Crippen LogP contribution in [0.1, 0.15) is 71.7 Å². The lowest BCUT2D eigenvalue weighted by molar-refractivity contribution is 0.0305. The van der Waals surface area contributed by atoms with Crippen LogP contribution >= 0.6 is 0 Å². The Morgan fingerprint density at radius 1 is 0.462 bits per heavy atom. The Hall–Kier alpha value is -7.76. The third-order valence-corrected chi connectivity index (χ3v) is 8.71. The second kappa shape index (κ2) is 13.6. The van der Waals surface area contributed by atoms with Gasteiger partial charge in [0, 0.05) is 29.7 Å². The Morgan fingerprint density at radius 3 is 1.31 bits per heavy atom. The van der Waals surface area contributed by atoms with Gasteiger partial charge in [-0.15, -0.1) is 0 Å². The van der Waals surface area contributed by atoms with E-state index in [4.69, 9.17) is 18.9 Å². The lowest BCUT2D eigenvalue weighted by Gasteiger charge is -2.45. The topological polar surface area (TPSA) is 180 Å². The molecule has 0 radical (unpaired) electrons. The predicted octanol–water partition coefficient (Wildman–Crippen LogP) is 9.27. The summed E-state index contributed by atoms with van der Waals surface area (Å²) >= 11 is 0. The van der Waals surface area contributed by atoms with Gasteiger partial charge in [0.05, 0.1) is 33.4 Å². The van der Waals surface area contributed by atoms with Crippen molar-refractivity contribution < 1.29 is 18.9 Å². The number of hydrogen-bond acceptors (Lipinski definition) is 10. The van der Waals surface area contributed by atoms with Gasteiger partial charge < -0.3 is 18.9 Å². The van der Waals surface area contributed by atoms with Gasteiger partial charge in [0.15, 0.2) is 0 Å². The second-order valence-electron chi connectivity index (χ2n) is 12.8. The third kappa shape index (κ3) is 6.61. The van der Waals surface area contributed by atoms with Crippen LogP contribution < -0.4 is 18.9 Å². The van der Waals surface area contributed by atoms with E-state index in [9.17, 15) is 31.6 Å². The van der Waals surface area contributed by atoms with Gasteiger partial charge in [-0.1, -0.05) is 19.9 Å². The summed E-state index contributed by atoms with van der Waals surface area (Å²) in [6.07, 6.45) is 0.531. The first-order valence-corrected chi connectivity index (χ1v) is 15.9. The fourth-order valence-electron chi connectivity index (χ4n) is 6.39. The lowest BCUT2D eigenvalue weighted by atomic mass is 9.71. The predicted molar refractivity (Wildman–Crippen MR) is 186 cm³/mol. The molecule has 0 N–H and O–H groups in total. The molecule has 0 amide bonds. The smallest absolute Gasteiger partial charge is 0.138 e. The number of ether oxygens (including phenoxy) is 4. The van der Waals surface area contributed by atoms with Gasteiger partial charge in [-0.05, 0) is 85.1 Å². The van der Waals surface area contributed by atoms with Gasteiger partial charge in [-0.3, -0.25) is 0 Å². The molecule has 1 unspecified atom stereocenters. The van der Waals surface area contributed by atoms with Crippen molar-refractivity contribution in [3.05, 3.63) is 136 Å². The molecule has 0 aliphatic carbocycles. The molecule has 5 aromatic rings. The van der Waals surface area contributed by atoms with Crippen molar-refractivity contribution in [2.45, 2.75) is 38.2 Å². The number of hydrogen-bond donors (Lipinski definition) is 0. The number of nitriles is 6. The molecule has 1 aliphatic rings. The van der Waals surface area contributed by atoms with E-state index < -0.39 is 11.0 Å². The summed E-state index contributed by atoms with van der Waals surface area (Å²) in [6, 6.07) is 36.8. The highest BCUT2D eigenvalue weighted by Gasteiger charge is 2.45.